The van der Waals surface area contributed by atoms with Gasteiger partial charge < -0.3 is 14.6 Å². The zero-order chi connectivity index (χ0) is 16.9. The largest absolute Gasteiger partial charge is 0.484 e. The fourth-order valence-corrected chi connectivity index (χ4v) is 2.17. The van der Waals surface area contributed by atoms with Crippen LogP contribution in [0.25, 0.3) is 0 Å². The van der Waals surface area contributed by atoms with Gasteiger partial charge in [0.25, 0.3) is 11.8 Å². The van der Waals surface area contributed by atoms with E-state index in [9.17, 15) is 4.79 Å². The molecule has 122 valence electrons. The molecule has 1 aromatic heterocycles. The van der Waals surface area contributed by atoms with Gasteiger partial charge in [-0.1, -0.05) is 22.9 Å². The van der Waals surface area contributed by atoms with E-state index in [-0.39, 0.29) is 12.5 Å². The molecular weight excluding hydrogens is 306 g/mol. The van der Waals surface area contributed by atoms with Crippen LogP contribution in [-0.4, -0.2) is 16.0 Å². The van der Waals surface area contributed by atoms with E-state index in [1.807, 2.05) is 25.1 Å². The predicted octanol–water partition coefficient (Wildman–Crippen LogP) is 3.52. The summed E-state index contributed by atoms with van der Waals surface area (Å²) in [4.78, 5) is 16.3. The minimum absolute atomic E-state index is 0.145. The van der Waals surface area contributed by atoms with E-state index in [2.05, 4.69) is 15.5 Å². The number of nitrogens with zero attached hydrogens (tertiary/aromatic N) is 2. The Morgan fingerprint density at radius 2 is 1.96 bits per heavy atom. The maximum atomic E-state index is 12.2. The Balaban J connectivity index is 1.59. The molecule has 0 aliphatic heterocycles. The number of aromatic nitrogens is 2. The summed E-state index contributed by atoms with van der Waals surface area (Å²) in [6.07, 6.45) is 0. The summed E-state index contributed by atoms with van der Waals surface area (Å²) in [5, 5.41) is 6.55. The van der Waals surface area contributed by atoms with Crippen molar-refractivity contribution in [2.24, 2.45) is 0 Å². The number of benzene rings is 2. The molecule has 3 rings (SSSR count). The second kappa shape index (κ2) is 6.95. The van der Waals surface area contributed by atoms with Crippen LogP contribution in [0.15, 0.2) is 53.1 Å². The first-order chi connectivity index (χ1) is 11.6. The molecule has 1 amide bonds. The molecule has 0 fully saturated rings. The van der Waals surface area contributed by atoms with Crippen molar-refractivity contribution in [1.82, 2.24) is 10.1 Å². The molecule has 2 aromatic carbocycles. The maximum Gasteiger partial charge on any atom is 0.264 e. The molecule has 0 radical (unpaired) electrons. The van der Waals surface area contributed by atoms with Crippen molar-refractivity contribution in [2.45, 2.75) is 20.5 Å². The third-order valence-electron chi connectivity index (χ3n) is 3.32. The van der Waals surface area contributed by atoms with Gasteiger partial charge in [0, 0.05) is 11.3 Å². The van der Waals surface area contributed by atoms with Crippen LogP contribution >= 0.6 is 0 Å². The first kappa shape index (κ1) is 15.7. The molecule has 0 aliphatic carbocycles. The molecule has 0 bridgehead atoms. The highest BCUT2D eigenvalue weighted by molar-refractivity contribution is 6.04. The van der Waals surface area contributed by atoms with Crippen LogP contribution in [0.1, 0.15) is 27.6 Å². The smallest absolute Gasteiger partial charge is 0.264 e. The van der Waals surface area contributed by atoms with E-state index in [4.69, 9.17) is 9.26 Å². The van der Waals surface area contributed by atoms with Crippen molar-refractivity contribution in [3.8, 4) is 5.75 Å². The second-order valence-electron chi connectivity index (χ2n) is 5.37. The average Bonchev–Trinajstić information content (AvgIpc) is 3.00. The molecule has 0 unspecified atom stereocenters. The second-order valence-corrected chi connectivity index (χ2v) is 5.37. The highest BCUT2D eigenvalue weighted by Gasteiger charge is 2.07. The molecule has 1 heterocycles. The molecule has 1 N–H and O–H groups in total. The summed E-state index contributed by atoms with van der Waals surface area (Å²) in [5.74, 6) is 1.50. The average molecular weight is 323 g/mol. The summed E-state index contributed by atoms with van der Waals surface area (Å²) in [7, 11) is 0. The molecule has 3 aromatic rings. The zero-order valence-corrected chi connectivity index (χ0v) is 13.4. The molecule has 0 saturated carbocycles. The van der Waals surface area contributed by atoms with E-state index in [1.165, 1.54) is 0 Å². The van der Waals surface area contributed by atoms with E-state index in [1.54, 1.807) is 37.3 Å². The minimum atomic E-state index is -0.145. The Bertz CT molecular complexity index is 841. The lowest BCUT2D eigenvalue weighted by atomic mass is 10.1. The number of aryl methyl sites for hydroxylation is 2. The monoisotopic (exact) mass is 323 g/mol. The van der Waals surface area contributed by atoms with E-state index >= 15 is 0 Å². The van der Waals surface area contributed by atoms with Crippen molar-refractivity contribution < 1.29 is 14.1 Å². The van der Waals surface area contributed by atoms with Gasteiger partial charge in [-0.25, -0.2) is 0 Å². The minimum Gasteiger partial charge on any atom is -0.484 e. The van der Waals surface area contributed by atoms with Gasteiger partial charge in [-0.2, -0.15) is 4.98 Å². The van der Waals surface area contributed by atoms with Gasteiger partial charge in [-0.05, 0) is 50.2 Å². The Morgan fingerprint density at radius 1 is 1.17 bits per heavy atom. The van der Waals surface area contributed by atoms with Gasteiger partial charge in [0.2, 0.25) is 0 Å². The van der Waals surface area contributed by atoms with E-state index < -0.39 is 0 Å². The predicted molar refractivity (Wildman–Crippen MR) is 88.9 cm³/mol. The van der Waals surface area contributed by atoms with E-state index in [0.29, 0.717) is 28.7 Å². The molecule has 6 nitrogen and oxygen atoms in total. The zero-order valence-electron chi connectivity index (χ0n) is 13.4. The summed E-state index contributed by atoms with van der Waals surface area (Å²) in [5.41, 5.74) is 2.37. The van der Waals surface area contributed by atoms with Crippen LogP contribution in [0.5, 0.6) is 5.75 Å². The van der Waals surface area contributed by atoms with Crippen LogP contribution in [0.3, 0.4) is 0 Å². The summed E-state index contributed by atoms with van der Waals surface area (Å²) in [6.45, 7) is 3.91. The topological polar surface area (TPSA) is 77.2 Å². The number of anilines is 1. The molecule has 0 saturated heterocycles. The van der Waals surface area contributed by atoms with Gasteiger partial charge in [-0.15, -0.1) is 0 Å². The molecule has 0 atom stereocenters. The van der Waals surface area contributed by atoms with E-state index in [0.717, 1.165) is 5.56 Å². The van der Waals surface area contributed by atoms with Crippen LogP contribution < -0.4 is 10.1 Å². The number of hydrogen-bond acceptors (Lipinski definition) is 5. The molecule has 0 spiro atoms. The molecular formula is C18H17N3O3. The van der Waals surface area contributed by atoms with Crippen molar-refractivity contribution in [3.63, 3.8) is 0 Å². The lowest BCUT2D eigenvalue weighted by Crippen LogP contribution is -2.11. The molecule has 0 aliphatic rings. The lowest BCUT2D eigenvalue weighted by molar-refractivity contribution is 0.102. The summed E-state index contributed by atoms with van der Waals surface area (Å²) in [6, 6.07) is 14.5. The number of carbonyl (C=O) groups excluding carboxylic acids is 1. The number of rotatable bonds is 5. The highest BCUT2D eigenvalue weighted by atomic mass is 16.5. The molecule has 6 heteroatoms. The first-order valence-corrected chi connectivity index (χ1v) is 7.50. The highest BCUT2D eigenvalue weighted by Crippen LogP contribution is 2.18. The molecule has 24 heavy (non-hydrogen) atoms. The van der Waals surface area contributed by atoms with Gasteiger partial charge in [0.1, 0.15) is 5.75 Å². The quantitative estimate of drug-likeness (QED) is 0.777. The fourth-order valence-electron chi connectivity index (χ4n) is 2.17. The van der Waals surface area contributed by atoms with Crippen molar-refractivity contribution in [1.29, 1.82) is 0 Å². The Labute approximate surface area is 139 Å². The van der Waals surface area contributed by atoms with Crippen LogP contribution in [-0.2, 0) is 6.61 Å². The number of amides is 1. The first-order valence-electron chi connectivity index (χ1n) is 7.50. The van der Waals surface area contributed by atoms with Crippen LogP contribution in [0.4, 0.5) is 5.69 Å². The normalized spacial score (nSPS) is 10.4. The van der Waals surface area contributed by atoms with Crippen LogP contribution in [0.2, 0.25) is 0 Å². The lowest BCUT2D eigenvalue weighted by Gasteiger charge is -2.07. The summed E-state index contributed by atoms with van der Waals surface area (Å²) < 4.78 is 10.5. The summed E-state index contributed by atoms with van der Waals surface area (Å²) >= 11 is 0. The Kier molecular flexibility index (Phi) is 4.56. The van der Waals surface area contributed by atoms with Gasteiger partial charge >= 0.3 is 0 Å². The number of carbonyl (C=O) groups is 1. The van der Waals surface area contributed by atoms with Crippen molar-refractivity contribution in [3.05, 3.63) is 71.4 Å². The Morgan fingerprint density at radius 3 is 2.62 bits per heavy atom. The van der Waals surface area contributed by atoms with Gasteiger partial charge in [-0.3, -0.25) is 4.79 Å². The number of nitrogens with one attached hydrogen (secondary N) is 1. The maximum absolute atomic E-state index is 12.2. The number of hydrogen-bond donors (Lipinski definition) is 1. The standard InChI is InChI=1S/C18H17N3O3/c1-12-4-3-5-14(10-12)18(22)20-15-6-8-16(9-7-15)23-11-17-19-13(2)21-24-17/h3-10H,11H2,1-2H3,(H,20,22). The van der Waals surface area contributed by atoms with Crippen LogP contribution in [0, 0.1) is 13.8 Å². The van der Waals surface area contributed by atoms with Gasteiger partial charge in [0.05, 0.1) is 0 Å². The third-order valence-corrected chi connectivity index (χ3v) is 3.32. The van der Waals surface area contributed by atoms with Crippen molar-refractivity contribution >= 4 is 11.6 Å². The van der Waals surface area contributed by atoms with Crippen molar-refractivity contribution in [2.75, 3.05) is 5.32 Å². The SMILES string of the molecule is Cc1cccc(C(=O)Nc2ccc(OCc3nc(C)no3)cc2)c1. The fraction of sp³-hybridized carbons (Fsp3) is 0.167. The number of ether oxygens (including phenoxy) is 1. The Hall–Kier alpha value is -3.15. The van der Waals surface area contributed by atoms with Gasteiger partial charge in [0.15, 0.2) is 12.4 Å². The third kappa shape index (κ3) is 3.98.